The van der Waals surface area contributed by atoms with Gasteiger partial charge in [-0.25, -0.2) is 4.98 Å². The second-order valence-corrected chi connectivity index (χ2v) is 7.83. The van der Waals surface area contributed by atoms with Crippen LogP contribution in [-0.4, -0.2) is 55.6 Å². The number of hydrogen-bond donors (Lipinski definition) is 0. The minimum atomic E-state index is 0.561. The van der Waals surface area contributed by atoms with Gasteiger partial charge < -0.3 is 4.90 Å². The van der Waals surface area contributed by atoms with E-state index in [1.54, 1.807) is 0 Å². The van der Waals surface area contributed by atoms with Crippen molar-refractivity contribution in [2.24, 2.45) is 11.8 Å². The molecule has 0 bridgehead atoms. The molecule has 1 aromatic carbocycles. The van der Waals surface area contributed by atoms with Crippen LogP contribution in [0.2, 0.25) is 0 Å². The zero-order chi connectivity index (χ0) is 17.4. The third-order valence-corrected chi connectivity index (χ3v) is 5.78. The van der Waals surface area contributed by atoms with Gasteiger partial charge in [-0.1, -0.05) is 36.4 Å². The number of pyridine rings is 1. The molecule has 0 spiro atoms. The second kappa shape index (κ2) is 6.77. The number of anilines is 1. The van der Waals surface area contributed by atoms with Crippen molar-refractivity contribution >= 4 is 5.82 Å². The molecule has 4 heteroatoms. The molecule has 0 radical (unpaired) electrons. The van der Waals surface area contributed by atoms with E-state index in [0.29, 0.717) is 6.04 Å². The van der Waals surface area contributed by atoms with E-state index >= 15 is 0 Å². The van der Waals surface area contributed by atoms with E-state index < -0.39 is 0 Å². The molecule has 2 aliphatic heterocycles. The van der Waals surface area contributed by atoms with Gasteiger partial charge in [-0.3, -0.25) is 9.80 Å². The molecule has 0 N–H and O–H groups in total. The molecule has 0 amide bonds. The van der Waals surface area contributed by atoms with Crippen LogP contribution in [0.25, 0.3) is 0 Å². The van der Waals surface area contributed by atoms with E-state index in [1.165, 1.54) is 30.8 Å². The summed E-state index contributed by atoms with van der Waals surface area (Å²) >= 11 is 0. The van der Waals surface area contributed by atoms with Crippen LogP contribution in [-0.2, 0) is 6.54 Å². The number of likely N-dealkylation sites (tertiary alicyclic amines) is 2. The summed E-state index contributed by atoms with van der Waals surface area (Å²) < 4.78 is 0. The van der Waals surface area contributed by atoms with Crippen molar-refractivity contribution in [2.45, 2.75) is 12.6 Å². The lowest BCUT2D eigenvalue weighted by atomic mass is 9.90. The molecule has 3 atom stereocenters. The Bertz CT molecular complexity index is 698. The van der Waals surface area contributed by atoms with Crippen LogP contribution in [0, 0.1) is 11.8 Å². The smallest absolute Gasteiger partial charge is 0.127 e. The fourth-order valence-electron chi connectivity index (χ4n) is 4.66. The van der Waals surface area contributed by atoms with Crippen LogP contribution in [0.15, 0.2) is 48.7 Å². The molecule has 2 saturated heterocycles. The van der Waals surface area contributed by atoms with E-state index in [1.807, 2.05) is 25.2 Å². The third kappa shape index (κ3) is 3.29. The van der Waals surface area contributed by atoms with Gasteiger partial charge in [-0.05, 0) is 36.1 Å². The minimum Gasteiger partial charge on any atom is -0.363 e. The van der Waals surface area contributed by atoms with Gasteiger partial charge in [-0.2, -0.15) is 0 Å². The fourth-order valence-corrected chi connectivity index (χ4v) is 4.66. The second-order valence-electron chi connectivity index (χ2n) is 7.83. The highest BCUT2D eigenvalue weighted by Gasteiger charge is 2.45. The predicted molar refractivity (Wildman–Crippen MR) is 103 cm³/mol. The van der Waals surface area contributed by atoms with Gasteiger partial charge in [0.05, 0.1) is 0 Å². The summed E-state index contributed by atoms with van der Waals surface area (Å²) in [5.74, 6) is 2.54. The van der Waals surface area contributed by atoms with Gasteiger partial charge in [-0.15, -0.1) is 0 Å². The van der Waals surface area contributed by atoms with Crippen molar-refractivity contribution in [2.75, 3.05) is 45.7 Å². The van der Waals surface area contributed by atoms with Gasteiger partial charge in [0, 0.05) is 52.5 Å². The molecule has 132 valence electrons. The van der Waals surface area contributed by atoms with E-state index in [-0.39, 0.29) is 0 Å². The Morgan fingerprint density at radius 3 is 2.52 bits per heavy atom. The summed E-state index contributed by atoms with van der Waals surface area (Å²) in [4.78, 5) is 11.8. The lowest BCUT2D eigenvalue weighted by Crippen LogP contribution is -2.28. The number of nitrogens with zero attached hydrogens (tertiary/aromatic N) is 4. The van der Waals surface area contributed by atoms with Crippen molar-refractivity contribution in [3.8, 4) is 0 Å². The van der Waals surface area contributed by atoms with Crippen LogP contribution in [0.1, 0.15) is 17.2 Å². The molecule has 0 saturated carbocycles. The highest BCUT2D eigenvalue weighted by molar-refractivity contribution is 5.37. The Labute approximate surface area is 151 Å². The zero-order valence-corrected chi connectivity index (χ0v) is 15.5. The summed E-state index contributed by atoms with van der Waals surface area (Å²) in [6.45, 7) is 4.61. The topological polar surface area (TPSA) is 22.6 Å². The van der Waals surface area contributed by atoms with E-state index in [2.05, 4.69) is 64.3 Å². The number of rotatable bonds is 4. The number of benzene rings is 1. The van der Waals surface area contributed by atoms with Crippen LogP contribution in [0.5, 0.6) is 0 Å². The fraction of sp³-hybridized carbons (Fsp3) is 0.476. The van der Waals surface area contributed by atoms with Crippen molar-refractivity contribution in [3.63, 3.8) is 0 Å². The monoisotopic (exact) mass is 336 g/mol. The van der Waals surface area contributed by atoms with E-state index in [0.717, 1.165) is 24.2 Å². The van der Waals surface area contributed by atoms with Crippen LogP contribution in [0.3, 0.4) is 0 Å². The minimum absolute atomic E-state index is 0.561. The standard InChI is InChI=1S/C21H28N4/c1-23(2)20-10-9-16(11-22-20)12-25-14-18-13-24(3)21(19(18)15-25)17-7-5-4-6-8-17/h4-11,18-19,21H,12-15H2,1-3H3/t18-,19+,21-/m0/s1. The molecule has 0 unspecified atom stereocenters. The van der Waals surface area contributed by atoms with Crippen LogP contribution in [0.4, 0.5) is 5.82 Å². The lowest BCUT2D eigenvalue weighted by Gasteiger charge is -2.27. The van der Waals surface area contributed by atoms with E-state index in [9.17, 15) is 0 Å². The third-order valence-electron chi connectivity index (χ3n) is 5.78. The average molecular weight is 336 g/mol. The van der Waals surface area contributed by atoms with Crippen LogP contribution >= 0.6 is 0 Å². The largest absolute Gasteiger partial charge is 0.363 e. The number of hydrogen-bond acceptors (Lipinski definition) is 4. The highest BCUT2D eigenvalue weighted by Crippen LogP contribution is 2.44. The first-order valence-electron chi connectivity index (χ1n) is 9.21. The van der Waals surface area contributed by atoms with Gasteiger partial charge in [0.25, 0.3) is 0 Å². The maximum Gasteiger partial charge on any atom is 0.127 e. The molecule has 0 aliphatic carbocycles. The first-order valence-corrected chi connectivity index (χ1v) is 9.21. The van der Waals surface area contributed by atoms with Crippen molar-refractivity contribution in [1.29, 1.82) is 0 Å². The first-order chi connectivity index (χ1) is 12.1. The van der Waals surface area contributed by atoms with Crippen molar-refractivity contribution < 1.29 is 0 Å². The van der Waals surface area contributed by atoms with Crippen molar-refractivity contribution in [1.82, 2.24) is 14.8 Å². The maximum atomic E-state index is 4.56. The molecular weight excluding hydrogens is 308 g/mol. The Morgan fingerprint density at radius 1 is 1.04 bits per heavy atom. The molecule has 25 heavy (non-hydrogen) atoms. The summed E-state index contributed by atoms with van der Waals surface area (Å²) in [5, 5.41) is 0. The first kappa shape index (κ1) is 16.6. The predicted octanol–water partition coefficient (Wildman–Crippen LogP) is 2.88. The SMILES string of the molecule is CN(C)c1ccc(CN2C[C@@H]3CN(C)[C@@H](c4ccccc4)[C@@H]3C2)cn1. The molecule has 4 nitrogen and oxygen atoms in total. The Hall–Kier alpha value is -1.91. The Kier molecular flexibility index (Phi) is 4.48. The molecule has 3 heterocycles. The normalized spacial score (nSPS) is 26.8. The lowest BCUT2D eigenvalue weighted by molar-refractivity contribution is 0.224. The summed E-state index contributed by atoms with van der Waals surface area (Å²) in [6, 6.07) is 15.9. The van der Waals surface area contributed by atoms with Gasteiger partial charge in [0.2, 0.25) is 0 Å². The number of fused-ring (bicyclic) bond motifs is 1. The molecule has 2 aliphatic rings. The van der Waals surface area contributed by atoms with Crippen molar-refractivity contribution in [3.05, 3.63) is 59.8 Å². The summed E-state index contributed by atoms with van der Waals surface area (Å²) in [5.41, 5.74) is 2.78. The van der Waals surface area contributed by atoms with E-state index in [4.69, 9.17) is 0 Å². The maximum absolute atomic E-state index is 4.56. The number of aromatic nitrogens is 1. The molecule has 2 fully saturated rings. The summed E-state index contributed by atoms with van der Waals surface area (Å²) in [6.07, 6.45) is 2.03. The molecule has 2 aromatic rings. The molecule has 4 rings (SSSR count). The Balaban J connectivity index is 1.44. The van der Waals surface area contributed by atoms with Gasteiger partial charge in [0.15, 0.2) is 0 Å². The Morgan fingerprint density at radius 2 is 1.84 bits per heavy atom. The van der Waals surface area contributed by atoms with Gasteiger partial charge >= 0.3 is 0 Å². The van der Waals surface area contributed by atoms with Gasteiger partial charge in [0.1, 0.15) is 5.82 Å². The highest BCUT2D eigenvalue weighted by atomic mass is 15.2. The average Bonchev–Trinajstić information content (AvgIpc) is 3.11. The summed E-state index contributed by atoms with van der Waals surface area (Å²) in [7, 11) is 6.35. The van der Waals surface area contributed by atoms with Crippen LogP contribution < -0.4 is 4.90 Å². The molecular formula is C21H28N4. The quantitative estimate of drug-likeness (QED) is 0.856. The molecule has 1 aromatic heterocycles. The zero-order valence-electron chi connectivity index (χ0n) is 15.5.